The van der Waals surface area contributed by atoms with E-state index >= 15 is 0 Å². The molecule has 0 spiro atoms. The van der Waals surface area contributed by atoms with Crippen LogP contribution in [0.15, 0.2) is 42.6 Å². The van der Waals surface area contributed by atoms with Crippen molar-refractivity contribution in [3.63, 3.8) is 0 Å². The highest BCUT2D eigenvalue weighted by atomic mass is 16.5. The van der Waals surface area contributed by atoms with Crippen LogP contribution >= 0.6 is 0 Å². The van der Waals surface area contributed by atoms with Crippen molar-refractivity contribution in [2.75, 3.05) is 45.3 Å². The van der Waals surface area contributed by atoms with E-state index in [1.54, 1.807) is 24.3 Å². The zero-order valence-electron chi connectivity index (χ0n) is 14.4. The summed E-state index contributed by atoms with van der Waals surface area (Å²) in [5.74, 6) is 0.846. The van der Waals surface area contributed by atoms with Gasteiger partial charge in [-0.15, -0.1) is 0 Å². The van der Waals surface area contributed by atoms with Crippen molar-refractivity contribution in [2.45, 2.75) is 6.42 Å². The standard InChI is InChI=1S/C19H23N3O3/c1-24-18-5-3-2-4-15(18)6-8-20-16-7-9-21-17(14-16)19(23)22-10-12-25-13-11-22/h2-5,7,9,14H,6,8,10-13H2,1H3,(H,20,21). The van der Waals surface area contributed by atoms with E-state index in [2.05, 4.69) is 16.4 Å². The Bertz CT molecular complexity index is 715. The molecule has 0 unspecified atom stereocenters. The highest BCUT2D eigenvalue weighted by Gasteiger charge is 2.19. The SMILES string of the molecule is COc1ccccc1CCNc1ccnc(C(=O)N2CCOCC2)c1. The molecule has 2 aromatic rings. The molecule has 1 saturated heterocycles. The topological polar surface area (TPSA) is 63.7 Å². The average molecular weight is 341 g/mol. The van der Waals surface area contributed by atoms with Gasteiger partial charge in [-0.1, -0.05) is 18.2 Å². The second-order valence-electron chi connectivity index (χ2n) is 5.82. The maximum absolute atomic E-state index is 12.5. The maximum atomic E-state index is 12.5. The molecule has 1 aliphatic rings. The number of anilines is 1. The quantitative estimate of drug-likeness (QED) is 0.873. The summed E-state index contributed by atoms with van der Waals surface area (Å²) in [6.45, 7) is 3.15. The Labute approximate surface area is 147 Å². The highest BCUT2D eigenvalue weighted by Crippen LogP contribution is 2.18. The monoisotopic (exact) mass is 341 g/mol. The fourth-order valence-electron chi connectivity index (χ4n) is 2.84. The van der Waals surface area contributed by atoms with Gasteiger partial charge in [-0.3, -0.25) is 9.78 Å². The van der Waals surface area contributed by atoms with Crippen LogP contribution < -0.4 is 10.1 Å². The molecule has 1 aliphatic heterocycles. The van der Waals surface area contributed by atoms with Crippen LogP contribution in [0.1, 0.15) is 16.1 Å². The number of hydrogen-bond donors (Lipinski definition) is 1. The number of para-hydroxylation sites is 1. The molecule has 1 fully saturated rings. The molecule has 0 radical (unpaired) electrons. The number of morpholine rings is 1. The van der Waals surface area contributed by atoms with Crippen LogP contribution in [0.2, 0.25) is 0 Å². The first-order chi connectivity index (χ1) is 12.3. The number of nitrogens with one attached hydrogen (secondary N) is 1. The Morgan fingerprint density at radius 3 is 2.88 bits per heavy atom. The molecule has 132 valence electrons. The van der Waals surface area contributed by atoms with Crippen LogP contribution in [0.25, 0.3) is 0 Å². The predicted octanol–water partition coefficient (Wildman–Crippen LogP) is 2.22. The van der Waals surface area contributed by atoms with E-state index in [1.165, 1.54) is 0 Å². The molecular weight excluding hydrogens is 318 g/mol. The lowest BCUT2D eigenvalue weighted by Crippen LogP contribution is -2.41. The zero-order valence-corrected chi connectivity index (χ0v) is 14.4. The lowest BCUT2D eigenvalue weighted by molar-refractivity contribution is 0.0299. The molecule has 6 heteroatoms. The minimum atomic E-state index is -0.0447. The maximum Gasteiger partial charge on any atom is 0.272 e. The molecule has 1 amide bonds. The molecule has 0 aliphatic carbocycles. The molecule has 0 saturated carbocycles. The number of ether oxygens (including phenoxy) is 2. The van der Waals surface area contributed by atoms with Gasteiger partial charge in [-0.2, -0.15) is 0 Å². The lowest BCUT2D eigenvalue weighted by Gasteiger charge is -2.26. The van der Waals surface area contributed by atoms with E-state index in [1.807, 2.05) is 24.3 Å². The van der Waals surface area contributed by atoms with Crippen molar-refractivity contribution >= 4 is 11.6 Å². The second-order valence-corrected chi connectivity index (χ2v) is 5.82. The molecule has 6 nitrogen and oxygen atoms in total. The third-order valence-electron chi connectivity index (χ3n) is 4.19. The summed E-state index contributed by atoms with van der Waals surface area (Å²) in [7, 11) is 1.68. The highest BCUT2D eigenvalue weighted by molar-refractivity contribution is 5.93. The van der Waals surface area contributed by atoms with Gasteiger partial charge in [0.25, 0.3) is 5.91 Å². The Morgan fingerprint density at radius 1 is 1.28 bits per heavy atom. The van der Waals surface area contributed by atoms with Crippen LogP contribution in [-0.2, 0) is 11.2 Å². The van der Waals surface area contributed by atoms with Gasteiger partial charge in [0, 0.05) is 31.5 Å². The van der Waals surface area contributed by atoms with E-state index in [0.29, 0.717) is 32.0 Å². The molecule has 3 rings (SSSR count). The van der Waals surface area contributed by atoms with Gasteiger partial charge in [0.2, 0.25) is 0 Å². The van der Waals surface area contributed by atoms with Crippen molar-refractivity contribution < 1.29 is 14.3 Å². The van der Waals surface area contributed by atoms with Crippen LogP contribution in [-0.4, -0.2) is 55.7 Å². The summed E-state index contributed by atoms with van der Waals surface area (Å²) in [6, 6.07) is 11.7. The van der Waals surface area contributed by atoms with E-state index in [-0.39, 0.29) is 5.91 Å². The number of amides is 1. The summed E-state index contributed by atoms with van der Waals surface area (Å²) in [6.07, 6.45) is 2.50. The lowest BCUT2D eigenvalue weighted by atomic mass is 10.1. The molecule has 0 bridgehead atoms. The van der Waals surface area contributed by atoms with Gasteiger partial charge in [0.1, 0.15) is 11.4 Å². The fourth-order valence-corrected chi connectivity index (χ4v) is 2.84. The first-order valence-corrected chi connectivity index (χ1v) is 8.47. The molecule has 0 atom stereocenters. The average Bonchev–Trinajstić information content (AvgIpc) is 2.69. The number of nitrogens with zero attached hydrogens (tertiary/aromatic N) is 2. The number of aromatic nitrogens is 1. The number of carbonyl (C=O) groups excluding carboxylic acids is 1. The summed E-state index contributed by atoms with van der Waals surface area (Å²) in [5.41, 5.74) is 2.50. The molecule has 1 aromatic heterocycles. The van der Waals surface area contributed by atoms with Gasteiger partial charge in [-0.05, 0) is 30.2 Å². The number of rotatable bonds is 6. The minimum absolute atomic E-state index is 0.0447. The van der Waals surface area contributed by atoms with E-state index < -0.39 is 0 Å². The molecule has 1 N–H and O–H groups in total. The third kappa shape index (κ3) is 4.48. The normalized spacial score (nSPS) is 14.2. The summed E-state index contributed by atoms with van der Waals surface area (Å²) in [4.78, 5) is 18.5. The van der Waals surface area contributed by atoms with Crippen molar-refractivity contribution in [2.24, 2.45) is 0 Å². The van der Waals surface area contributed by atoms with Gasteiger partial charge >= 0.3 is 0 Å². The summed E-state index contributed by atoms with van der Waals surface area (Å²) >= 11 is 0. The molecule has 2 heterocycles. The molecule has 1 aromatic carbocycles. The molecule has 25 heavy (non-hydrogen) atoms. The number of methoxy groups -OCH3 is 1. The number of hydrogen-bond acceptors (Lipinski definition) is 5. The fraction of sp³-hybridized carbons (Fsp3) is 0.368. The first kappa shape index (κ1) is 17.2. The Morgan fingerprint density at radius 2 is 2.08 bits per heavy atom. The van der Waals surface area contributed by atoms with Crippen LogP contribution in [0, 0.1) is 0 Å². The van der Waals surface area contributed by atoms with Crippen molar-refractivity contribution in [3.05, 3.63) is 53.9 Å². The Hall–Kier alpha value is -2.60. The number of pyridine rings is 1. The summed E-state index contributed by atoms with van der Waals surface area (Å²) in [5, 5.41) is 3.35. The number of carbonyl (C=O) groups is 1. The second kappa shape index (κ2) is 8.48. The van der Waals surface area contributed by atoms with E-state index in [0.717, 1.165) is 30.0 Å². The summed E-state index contributed by atoms with van der Waals surface area (Å²) < 4.78 is 10.7. The molecular formula is C19H23N3O3. The van der Waals surface area contributed by atoms with Crippen molar-refractivity contribution in [3.8, 4) is 5.75 Å². The largest absolute Gasteiger partial charge is 0.496 e. The van der Waals surface area contributed by atoms with E-state index in [4.69, 9.17) is 9.47 Å². The van der Waals surface area contributed by atoms with Crippen LogP contribution in [0.5, 0.6) is 5.75 Å². The van der Waals surface area contributed by atoms with Crippen molar-refractivity contribution in [1.82, 2.24) is 9.88 Å². The van der Waals surface area contributed by atoms with Gasteiger partial charge < -0.3 is 19.7 Å². The zero-order chi connectivity index (χ0) is 17.5. The third-order valence-corrected chi connectivity index (χ3v) is 4.19. The minimum Gasteiger partial charge on any atom is -0.496 e. The van der Waals surface area contributed by atoms with E-state index in [9.17, 15) is 4.79 Å². The predicted molar refractivity (Wildman–Crippen MR) is 96.1 cm³/mol. The first-order valence-electron chi connectivity index (χ1n) is 8.47. The van der Waals surface area contributed by atoms with Gasteiger partial charge in [-0.25, -0.2) is 0 Å². The van der Waals surface area contributed by atoms with Gasteiger partial charge in [0.15, 0.2) is 0 Å². The smallest absolute Gasteiger partial charge is 0.272 e. The van der Waals surface area contributed by atoms with Crippen LogP contribution in [0.4, 0.5) is 5.69 Å². The van der Waals surface area contributed by atoms with Gasteiger partial charge in [0.05, 0.1) is 20.3 Å². The Balaban J connectivity index is 1.59. The van der Waals surface area contributed by atoms with Crippen LogP contribution in [0.3, 0.4) is 0 Å². The number of benzene rings is 1. The Kier molecular flexibility index (Phi) is 5.85. The van der Waals surface area contributed by atoms with Crippen molar-refractivity contribution in [1.29, 1.82) is 0 Å².